The molecule has 1 aromatic rings. The number of likely N-dealkylation sites (tertiary alicyclic amines) is 1. The number of pyridine rings is 1. The van der Waals surface area contributed by atoms with Crippen LogP contribution < -0.4 is 4.74 Å². The Balaban J connectivity index is 1.61. The standard InChI is InChI=1S/C16H19F3N2O2/c1-11-6-12(16(17,18)19)7-14(20-11)23-13-2-4-15(5-3-13)8-21(9-15)10-22/h6-7,10,13H,2-5,8-9H2,1H3. The molecule has 1 saturated carbocycles. The number of halogens is 3. The number of carbonyl (C=O) groups excluding carboxylic acids is 1. The molecule has 0 unspecified atom stereocenters. The van der Waals surface area contributed by atoms with Gasteiger partial charge in [-0.15, -0.1) is 0 Å². The summed E-state index contributed by atoms with van der Waals surface area (Å²) in [6.07, 6.45) is -0.218. The largest absolute Gasteiger partial charge is 0.474 e. The third-order valence-corrected chi connectivity index (χ3v) is 4.76. The predicted molar refractivity (Wildman–Crippen MR) is 76.9 cm³/mol. The number of aromatic nitrogens is 1. The van der Waals surface area contributed by atoms with E-state index >= 15 is 0 Å². The maximum absolute atomic E-state index is 12.8. The quantitative estimate of drug-likeness (QED) is 0.800. The number of ether oxygens (including phenoxy) is 1. The summed E-state index contributed by atoms with van der Waals surface area (Å²) in [5.41, 5.74) is -0.242. The molecule has 0 aromatic carbocycles. The van der Waals surface area contributed by atoms with Crippen LogP contribution >= 0.6 is 0 Å². The third-order valence-electron chi connectivity index (χ3n) is 4.76. The van der Waals surface area contributed by atoms with Crippen molar-refractivity contribution in [3.05, 3.63) is 23.4 Å². The van der Waals surface area contributed by atoms with Gasteiger partial charge in [-0.2, -0.15) is 13.2 Å². The van der Waals surface area contributed by atoms with Crippen molar-refractivity contribution in [2.45, 2.75) is 44.9 Å². The summed E-state index contributed by atoms with van der Waals surface area (Å²) in [6.45, 7) is 3.09. The van der Waals surface area contributed by atoms with Crippen molar-refractivity contribution < 1.29 is 22.7 Å². The molecule has 23 heavy (non-hydrogen) atoms. The van der Waals surface area contributed by atoms with Crippen molar-refractivity contribution in [3.63, 3.8) is 0 Å². The highest BCUT2D eigenvalue weighted by Gasteiger charge is 2.45. The lowest BCUT2D eigenvalue weighted by atomic mass is 9.68. The molecule has 4 nitrogen and oxygen atoms in total. The average molecular weight is 328 g/mol. The molecule has 7 heteroatoms. The second-order valence-electron chi connectivity index (χ2n) is 6.66. The van der Waals surface area contributed by atoms with Gasteiger partial charge in [0.1, 0.15) is 6.10 Å². The number of aryl methyl sites for hydroxylation is 1. The van der Waals surface area contributed by atoms with Crippen LogP contribution in [0.5, 0.6) is 5.88 Å². The second-order valence-corrected chi connectivity index (χ2v) is 6.66. The van der Waals surface area contributed by atoms with Gasteiger partial charge in [0.05, 0.1) is 5.56 Å². The van der Waals surface area contributed by atoms with Crippen molar-refractivity contribution in [2.75, 3.05) is 13.1 Å². The fraction of sp³-hybridized carbons (Fsp3) is 0.625. The summed E-state index contributed by atoms with van der Waals surface area (Å²) >= 11 is 0. The lowest BCUT2D eigenvalue weighted by Crippen LogP contribution is -2.57. The summed E-state index contributed by atoms with van der Waals surface area (Å²) in [4.78, 5) is 16.5. The van der Waals surface area contributed by atoms with Gasteiger partial charge in [-0.3, -0.25) is 4.79 Å². The zero-order chi connectivity index (χ0) is 16.7. The summed E-state index contributed by atoms with van der Waals surface area (Å²) in [7, 11) is 0. The van der Waals surface area contributed by atoms with E-state index in [0.29, 0.717) is 5.69 Å². The lowest BCUT2D eigenvalue weighted by molar-refractivity contribution is -0.138. The highest BCUT2D eigenvalue weighted by molar-refractivity contribution is 5.49. The van der Waals surface area contributed by atoms with Crippen LogP contribution in [-0.4, -0.2) is 35.5 Å². The van der Waals surface area contributed by atoms with Crippen LogP contribution in [-0.2, 0) is 11.0 Å². The zero-order valence-corrected chi connectivity index (χ0v) is 12.9. The first-order chi connectivity index (χ1) is 10.8. The minimum absolute atomic E-state index is 0.0430. The molecule has 1 spiro atoms. The van der Waals surface area contributed by atoms with Gasteiger partial charge in [-0.25, -0.2) is 4.98 Å². The van der Waals surface area contributed by atoms with E-state index in [4.69, 9.17) is 4.74 Å². The van der Waals surface area contributed by atoms with Gasteiger partial charge in [-0.05, 0) is 38.7 Å². The third kappa shape index (κ3) is 3.43. The van der Waals surface area contributed by atoms with Gasteiger partial charge in [0.2, 0.25) is 12.3 Å². The summed E-state index contributed by atoms with van der Waals surface area (Å²) in [5, 5.41) is 0. The van der Waals surface area contributed by atoms with Gasteiger partial charge in [0.25, 0.3) is 0 Å². The molecule has 1 amide bonds. The zero-order valence-electron chi connectivity index (χ0n) is 12.9. The Bertz CT molecular complexity index is 587. The first kappa shape index (κ1) is 16.1. The van der Waals surface area contributed by atoms with Crippen molar-refractivity contribution >= 4 is 6.41 Å². The Morgan fingerprint density at radius 2 is 1.96 bits per heavy atom. The van der Waals surface area contributed by atoms with Crippen molar-refractivity contribution in [2.24, 2.45) is 5.41 Å². The number of carbonyl (C=O) groups is 1. The van der Waals surface area contributed by atoms with Crippen LogP contribution in [0.3, 0.4) is 0 Å². The molecule has 0 N–H and O–H groups in total. The molecule has 1 aromatic heterocycles. The maximum atomic E-state index is 12.8. The summed E-state index contributed by atoms with van der Waals surface area (Å²) in [5.74, 6) is 0.0430. The van der Waals surface area contributed by atoms with Crippen LogP contribution in [0.4, 0.5) is 13.2 Å². The molecule has 2 fully saturated rings. The Hall–Kier alpha value is -1.79. The minimum Gasteiger partial charge on any atom is -0.474 e. The predicted octanol–water partition coefficient (Wildman–Crippen LogP) is 3.19. The van der Waals surface area contributed by atoms with Gasteiger partial charge >= 0.3 is 6.18 Å². The van der Waals surface area contributed by atoms with E-state index in [2.05, 4.69) is 4.98 Å². The molecule has 2 heterocycles. The van der Waals surface area contributed by atoms with Crippen molar-refractivity contribution in [1.82, 2.24) is 9.88 Å². The highest BCUT2D eigenvalue weighted by Crippen LogP contribution is 2.44. The number of nitrogens with zero attached hydrogens (tertiary/aromatic N) is 2. The van der Waals surface area contributed by atoms with Crippen LogP contribution in [0.15, 0.2) is 12.1 Å². The molecular weight excluding hydrogens is 309 g/mol. The van der Waals surface area contributed by atoms with Crippen LogP contribution in [0.2, 0.25) is 0 Å². The number of hydrogen-bond acceptors (Lipinski definition) is 3. The number of hydrogen-bond donors (Lipinski definition) is 0. The van der Waals surface area contributed by atoms with E-state index in [1.165, 1.54) is 6.92 Å². The Morgan fingerprint density at radius 1 is 1.30 bits per heavy atom. The number of rotatable bonds is 3. The van der Waals surface area contributed by atoms with E-state index in [-0.39, 0.29) is 17.4 Å². The monoisotopic (exact) mass is 328 g/mol. The summed E-state index contributed by atoms with van der Waals surface area (Å²) in [6, 6.07) is 1.99. The van der Waals surface area contributed by atoms with Gasteiger partial charge < -0.3 is 9.64 Å². The maximum Gasteiger partial charge on any atom is 0.416 e. The fourth-order valence-electron chi connectivity index (χ4n) is 3.56. The van der Waals surface area contributed by atoms with Gasteiger partial charge in [0.15, 0.2) is 0 Å². The van der Waals surface area contributed by atoms with Crippen molar-refractivity contribution in [3.8, 4) is 5.88 Å². The summed E-state index contributed by atoms with van der Waals surface area (Å²) < 4.78 is 44.2. The Morgan fingerprint density at radius 3 is 2.52 bits per heavy atom. The average Bonchev–Trinajstić information content (AvgIpc) is 2.44. The number of alkyl halides is 3. The molecular formula is C16H19F3N2O2. The van der Waals surface area contributed by atoms with E-state index in [0.717, 1.165) is 57.3 Å². The minimum atomic E-state index is -4.40. The second kappa shape index (κ2) is 5.69. The van der Waals surface area contributed by atoms with E-state index < -0.39 is 11.7 Å². The molecule has 2 aliphatic rings. The Labute approximate surface area is 132 Å². The van der Waals surface area contributed by atoms with Crippen LogP contribution in [0.25, 0.3) is 0 Å². The number of amides is 1. The Kier molecular flexibility index (Phi) is 3.98. The molecule has 1 aliphatic heterocycles. The van der Waals surface area contributed by atoms with E-state index in [9.17, 15) is 18.0 Å². The van der Waals surface area contributed by atoms with Crippen LogP contribution in [0.1, 0.15) is 36.9 Å². The van der Waals surface area contributed by atoms with Crippen LogP contribution in [0, 0.1) is 12.3 Å². The molecule has 1 saturated heterocycles. The van der Waals surface area contributed by atoms with E-state index in [1.54, 1.807) is 4.90 Å². The van der Waals surface area contributed by atoms with Gasteiger partial charge in [-0.1, -0.05) is 0 Å². The smallest absolute Gasteiger partial charge is 0.416 e. The SMILES string of the molecule is Cc1cc(C(F)(F)F)cc(OC2CCC3(CC2)CN(C=O)C3)n1. The molecule has 0 atom stereocenters. The highest BCUT2D eigenvalue weighted by atomic mass is 19.4. The molecule has 126 valence electrons. The molecule has 1 aliphatic carbocycles. The first-order valence-electron chi connectivity index (χ1n) is 7.72. The molecule has 0 radical (unpaired) electrons. The molecule has 3 rings (SSSR count). The lowest BCUT2D eigenvalue weighted by Gasteiger charge is -2.51. The van der Waals surface area contributed by atoms with E-state index in [1.807, 2.05) is 0 Å². The van der Waals surface area contributed by atoms with Crippen molar-refractivity contribution in [1.29, 1.82) is 0 Å². The first-order valence-corrected chi connectivity index (χ1v) is 7.72. The topological polar surface area (TPSA) is 42.4 Å². The normalized spacial score (nSPS) is 21.1. The fourth-order valence-corrected chi connectivity index (χ4v) is 3.56. The molecule has 0 bridgehead atoms. The van der Waals surface area contributed by atoms with Gasteiger partial charge in [0, 0.05) is 30.3 Å².